The first-order chi connectivity index (χ1) is 20.0. The monoisotopic (exact) mass is 550 g/mol. The molecule has 0 aliphatic carbocycles. The van der Waals surface area contributed by atoms with Crippen LogP contribution in [0.2, 0.25) is 0 Å². The Morgan fingerprint density at radius 1 is 0.732 bits per heavy atom. The van der Waals surface area contributed by atoms with Gasteiger partial charge in [0.15, 0.2) is 17.6 Å². The van der Waals surface area contributed by atoms with Crippen LogP contribution < -0.4 is 24.2 Å². The largest absolute Gasteiger partial charge is 0.497 e. The molecule has 2 amide bonds. The van der Waals surface area contributed by atoms with Gasteiger partial charge in [-0.3, -0.25) is 14.4 Å². The van der Waals surface area contributed by atoms with Gasteiger partial charge in [0.25, 0.3) is 5.91 Å². The maximum Gasteiger partial charge on any atom is 0.343 e. The van der Waals surface area contributed by atoms with Crippen LogP contribution in [0.3, 0.4) is 0 Å². The number of benzene rings is 4. The molecular weight excluding hydrogens is 524 g/mol. The van der Waals surface area contributed by atoms with E-state index in [1.165, 1.54) is 7.11 Å². The van der Waals surface area contributed by atoms with Crippen LogP contribution in [0.1, 0.15) is 22.0 Å². The van der Waals surface area contributed by atoms with Crippen molar-refractivity contribution in [3.8, 4) is 17.2 Å². The van der Waals surface area contributed by atoms with Gasteiger partial charge >= 0.3 is 5.97 Å². The molecule has 2 aliphatic rings. The van der Waals surface area contributed by atoms with Crippen molar-refractivity contribution in [3.05, 3.63) is 114 Å². The SMILES string of the molecule is COc1ccc(N2C(=O)C3ON(c4ccccc4)C(c4ccc(OC(=O)c5ccccc5)c(OC)c4)C3C2=O)cc1. The molecule has 206 valence electrons. The fraction of sp³-hybridized carbons (Fsp3) is 0.156. The summed E-state index contributed by atoms with van der Waals surface area (Å²) in [5.41, 5.74) is 2.16. The average Bonchev–Trinajstić information content (AvgIpc) is 3.53. The summed E-state index contributed by atoms with van der Waals surface area (Å²) in [5, 5.41) is 1.60. The molecule has 0 spiro atoms. The lowest BCUT2D eigenvalue weighted by atomic mass is 9.90. The summed E-state index contributed by atoms with van der Waals surface area (Å²) in [6, 6.07) is 29.0. The molecule has 3 atom stereocenters. The number of para-hydroxylation sites is 1. The Morgan fingerprint density at radius 2 is 1.41 bits per heavy atom. The van der Waals surface area contributed by atoms with Gasteiger partial charge in [0.2, 0.25) is 5.91 Å². The molecule has 0 aromatic heterocycles. The van der Waals surface area contributed by atoms with Crippen LogP contribution in [-0.4, -0.2) is 38.1 Å². The Morgan fingerprint density at radius 3 is 2.07 bits per heavy atom. The summed E-state index contributed by atoms with van der Waals surface area (Å²) in [7, 11) is 3.02. The Hall–Kier alpha value is -5.15. The number of hydrogen-bond donors (Lipinski definition) is 0. The fourth-order valence-corrected chi connectivity index (χ4v) is 5.22. The minimum Gasteiger partial charge on any atom is -0.497 e. The van der Waals surface area contributed by atoms with Gasteiger partial charge in [-0.2, -0.15) is 0 Å². The quantitative estimate of drug-likeness (QED) is 0.181. The van der Waals surface area contributed by atoms with E-state index in [0.717, 1.165) is 4.90 Å². The first kappa shape index (κ1) is 26.1. The number of amides is 2. The number of esters is 1. The summed E-state index contributed by atoms with van der Waals surface area (Å²) in [4.78, 5) is 47.6. The molecule has 0 saturated carbocycles. The first-order valence-electron chi connectivity index (χ1n) is 13.0. The van der Waals surface area contributed by atoms with E-state index >= 15 is 0 Å². The normalized spacial score (nSPS) is 19.7. The Balaban J connectivity index is 1.37. The van der Waals surface area contributed by atoms with Crippen molar-refractivity contribution in [2.45, 2.75) is 12.1 Å². The van der Waals surface area contributed by atoms with Crippen molar-refractivity contribution >= 4 is 29.2 Å². The molecular formula is C32H26N2O7. The number of fused-ring (bicyclic) bond motifs is 1. The molecule has 2 heterocycles. The van der Waals surface area contributed by atoms with E-state index in [0.29, 0.717) is 34.0 Å². The second-order valence-corrected chi connectivity index (χ2v) is 9.53. The zero-order valence-electron chi connectivity index (χ0n) is 22.3. The molecule has 2 aliphatic heterocycles. The number of rotatable bonds is 7. The van der Waals surface area contributed by atoms with E-state index in [4.69, 9.17) is 19.0 Å². The predicted octanol–water partition coefficient (Wildman–Crippen LogP) is 4.97. The van der Waals surface area contributed by atoms with Crippen LogP contribution in [0.15, 0.2) is 103 Å². The van der Waals surface area contributed by atoms with Gasteiger partial charge in [-0.25, -0.2) is 14.8 Å². The maximum atomic E-state index is 13.9. The summed E-state index contributed by atoms with van der Waals surface area (Å²) >= 11 is 0. The number of anilines is 2. The lowest BCUT2D eigenvalue weighted by Gasteiger charge is -2.29. The van der Waals surface area contributed by atoms with E-state index in [2.05, 4.69) is 0 Å². The van der Waals surface area contributed by atoms with Crippen LogP contribution in [0.25, 0.3) is 0 Å². The molecule has 9 nitrogen and oxygen atoms in total. The zero-order chi connectivity index (χ0) is 28.5. The van der Waals surface area contributed by atoms with Crippen molar-refractivity contribution in [1.29, 1.82) is 0 Å². The number of carbonyl (C=O) groups is 3. The van der Waals surface area contributed by atoms with Crippen LogP contribution >= 0.6 is 0 Å². The first-order valence-corrected chi connectivity index (χ1v) is 13.0. The summed E-state index contributed by atoms with van der Waals surface area (Å²) < 4.78 is 16.4. The highest BCUT2D eigenvalue weighted by atomic mass is 16.7. The highest BCUT2D eigenvalue weighted by molar-refractivity contribution is 6.24. The van der Waals surface area contributed by atoms with Gasteiger partial charge in [0, 0.05) is 0 Å². The molecule has 4 aromatic rings. The standard InChI is InChI=1S/C32H26N2O7/c1-38-24-16-14-22(15-17-24)33-30(35)27-28(34(41-29(27)31(33)36)23-11-7-4-8-12-23)21-13-18-25(26(19-21)39-2)40-32(37)20-9-5-3-6-10-20/h3-19,27-29H,1-2H3. The third kappa shape index (κ3) is 4.66. The molecule has 2 fully saturated rings. The van der Waals surface area contributed by atoms with E-state index in [-0.39, 0.29) is 11.7 Å². The summed E-state index contributed by atoms with van der Waals surface area (Å²) in [6.07, 6.45) is -1.03. The van der Waals surface area contributed by atoms with Gasteiger partial charge in [0.1, 0.15) is 11.7 Å². The van der Waals surface area contributed by atoms with Crippen molar-refractivity contribution in [2.75, 3.05) is 24.2 Å². The number of nitrogens with zero attached hydrogens (tertiary/aromatic N) is 2. The van der Waals surface area contributed by atoms with Gasteiger partial charge < -0.3 is 14.2 Å². The lowest BCUT2D eigenvalue weighted by Crippen LogP contribution is -2.37. The second-order valence-electron chi connectivity index (χ2n) is 9.53. The second kappa shape index (κ2) is 10.8. The molecule has 4 aromatic carbocycles. The number of carbonyl (C=O) groups excluding carboxylic acids is 3. The van der Waals surface area contributed by atoms with Crippen LogP contribution in [0.5, 0.6) is 17.2 Å². The summed E-state index contributed by atoms with van der Waals surface area (Å²) in [6.45, 7) is 0. The number of hydrogen-bond acceptors (Lipinski definition) is 8. The molecule has 41 heavy (non-hydrogen) atoms. The topological polar surface area (TPSA) is 94.6 Å². The average molecular weight is 551 g/mol. The highest BCUT2D eigenvalue weighted by Crippen LogP contribution is 2.48. The van der Waals surface area contributed by atoms with Crippen molar-refractivity contribution in [1.82, 2.24) is 0 Å². The Labute approximate surface area is 236 Å². The predicted molar refractivity (Wildman–Crippen MR) is 150 cm³/mol. The Bertz CT molecular complexity index is 1590. The van der Waals surface area contributed by atoms with Crippen LogP contribution in [0, 0.1) is 5.92 Å². The lowest BCUT2D eigenvalue weighted by molar-refractivity contribution is -0.126. The van der Waals surface area contributed by atoms with Crippen LogP contribution in [0.4, 0.5) is 11.4 Å². The minimum atomic E-state index is -1.03. The molecule has 2 saturated heterocycles. The van der Waals surface area contributed by atoms with Crippen molar-refractivity contribution in [3.63, 3.8) is 0 Å². The van der Waals surface area contributed by atoms with Gasteiger partial charge in [-0.1, -0.05) is 42.5 Å². The van der Waals surface area contributed by atoms with Crippen molar-refractivity contribution in [2.24, 2.45) is 5.92 Å². The number of hydroxylamine groups is 1. The molecule has 9 heteroatoms. The molecule has 0 N–H and O–H groups in total. The number of imide groups is 1. The molecule has 6 rings (SSSR count). The van der Waals surface area contributed by atoms with E-state index in [9.17, 15) is 14.4 Å². The van der Waals surface area contributed by atoms with Crippen LogP contribution in [-0.2, 0) is 14.4 Å². The summed E-state index contributed by atoms with van der Waals surface area (Å²) in [5.74, 6) is -1.07. The maximum absolute atomic E-state index is 13.9. The third-order valence-corrected chi connectivity index (χ3v) is 7.20. The van der Waals surface area contributed by atoms with Gasteiger partial charge in [-0.15, -0.1) is 0 Å². The molecule has 0 radical (unpaired) electrons. The fourth-order valence-electron chi connectivity index (χ4n) is 5.22. The number of ether oxygens (including phenoxy) is 3. The smallest absolute Gasteiger partial charge is 0.343 e. The zero-order valence-corrected chi connectivity index (χ0v) is 22.3. The van der Waals surface area contributed by atoms with E-state index < -0.39 is 29.9 Å². The van der Waals surface area contributed by atoms with E-state index in [1.54, 1.807) is 78.9 Å². The third-order valence-electron chi connectivity index (χ3n) is 7.20. The van der Waals surface area contributed by atoms with Crippen molar-refractivity contribution < 1.29 is 33.4 Å². The van der Waals surface area contributed by atoms with Gasteiger partial charge in [0.05, 0.1) is 37.2 Å². The van der Waals surface area contributed by atoms with Gasteiger partial charge in [-0.05, 0) is 66.2 Å². The van der Waals surface area contributed by atoms with E-state index in [1.807, 2.05) is 36.4 Å². The number of methoxy groups -OCH3 is 2. The Kier molecular flexibility index (Phi) is 6.86. The molecule has 0 bridgehead atoms. The highest BCUT2D eigenvalue weighted by Gasteiger charge is 2.60. The molecule has 3 unspecified atom stereocenters. The minimum absolute atomic E-state index is 0.223.